The van der Waals surface area contributed by atoms with Gasteiger partial charge in [0, 0.05) is 5.39 Å². The highest BCUT2D eigenvalue weighted by Crippen LogP contribution is 2.39. The van der Waals surface area contributed by atoms with Crippen LogP contribution >= 0.6 is 0 Å². The second-order valence-corrected chi connectivity index (χ2v) is 3.66. The molecule has 0 saturated carbocycles. The van der Waals surface area contributed by atoms with E-state index in [1.54, 1.807) is 0 Å². The molecule has 0 aromatic heterocycles. The normalized spacial score (nSPS) is 10.8. The smallest absolute Gasteiger partial charge is 0.295 e. The van der Waals surface area contributed by atoms with Crippen molar-refractivity contribution in [2.45, 2.75) is 0 Å². The molecule has 18 heavy (non-hydrogen) atoms. The third-order valence-corrected chi connectivity index (χ3v) is 2.60. The number of anilines is 3. The second-order valence-electron chi connectivity index (χ2n) is 3.66. The predicted octanol–water partition coefficient (Wildman–Crippen LogP) is 1.77. The van der Waals surface area contributed by atoms with E-state index in [2.05, 4.69) is 0 Å². The number of hydrogen-bond acceptors (Lipinski definition) is 5. The minimum Gasteiger partial charge on any atom is -0.397 e. The molecular weight excluding hydrogens is 246 g/mol. The van der Waals surface area contributed by atoms with Crippen LogP contribution in [0.1, 0.15) is 0 Å². The lowest BCUT2D eigenvalue weighted by molar-refractivity contribution is -0.384. The summed E-state index contributed by atoms with van der Waals surface area (Å²) < 4.78 is 27.5. The molecule has 94 valence electrons. The summed E-state index contributed by atoms with van der Waals surface area (Å²) in [6.45, 7) is 0. The van der Waals surface area contributed by atoms with Crippen LogP contribution in [0.5, 0.6) is 0 Å². The van der Waals surface area contributed by atoms with Gasteiger partial charge in [0.1, 0.15) is 17.3 Å². The molecule has 2 aromatic rings. The van der Waals surface area contributed by atoms with Gasteiger partial charge < -0.3 is 17.2 Å². The summed E-state index contributed by atoms with van der Waals surface area (Å²) in [5, 5.41) is 9.87. The number of fused-ring (bicyclic) bond motifs is 1. The fourth-order valence-electron chi connectivity index (χ4n) is 1.75. The second kappa shape index (κ2) is 3.69. The fraction of sp³-hybridized carbons (Fsp3) is 0. The molecule has 0 aliphatic carbocycles. The molecule has 0 bridgehead atoms. The van der Waals surface area contributed by atoms with Crippen molar-refractivity contribution in [1.29, 1.82) is 0 Å². The Morgan fingerprint density at radius 1 is 1.00 bits per heavy atom. The molecule has 0 spiro atoms. The topological polar surface area (TPSA) is 121 Å². The summed E-state index contributed by atoms with van der Waals surface area (Å²) in [5.74, 6) is -2.01. The third kappa shape index (κ3) is 1.46. The molecule has 0 aliphatic heterocycles. The maximum atomic E-state index is 13.7. The Balaban J connectivity index is 3.07. The van der Waals surface area contributed by atoms with Crippen LogP contribution in [-0.4, -0.2) is 4.92 Å². The van der Waals surface area contributed by atoms with Gasteiger partial charge in [-0.05, 0) is 6.07 Å². The molecule has 8 heteroatoms. The van der Waals surface area contributed by atoms with Crippen LogP contribution in [0, 0.1) is 21.7 Å². The van der Waals surface area contributed by atoms with Crippen LogP contribution in [0.4, 0.5) is 31.5 Å². The lowest BCUT2D eigenvalue weighted by Crippen LogP contribution is -2.04. The molecular formula is C10H8F2N4O2. The molecule has 2 aromatic carbocycles. The Kier molecular flexibility index (Phi) is 2.43. The Labute approximate surface area is 99.1 Å². The summed E-state index contributed by atoms with van der Waals surface area (Å²) in [7, 11) is 0. The van der Waals surface area contributed by atoms with Crippen molar-refractivity contribution in [3.8, 4) is 0 Å². The molecule has 0 heterocycles. The Bertz CT molecular complexity index is 688. The highest BCUT2D eigenvalue weighted by atomic mass is 19.1. The average molecular weight is 254 g/mol. The van der Waals surface area contributed by atoms with Crippen molar-refractivity contribution in [3.05, 3.63) is 33.9 Å². The first-order valence-corrected chi connectivity index (χ1v) is 4.74. The Hall–Kier alpha value is -2.64. The van der Waals surface area contributed by atoms with E-state index >= 15 is 0 Å². The van der Waals surface area contributed by atoms with Crippen molar-refractivity contribution in [2.24, 2.45) is 0 Å². The van der Waals surface area contributed by atoms with Crippen LogP contribution in [0.15, 0.2) is 12.1 Å². The van der Waals surface area contributed by atoms with Gasteiger partial charge in [-0.3, -0.25) is 10.1 Å². The first kappa shape index (κ1) is 11.8. The SMILES string of the molecule is Nc1cc(F)c2c(N)c([N+](=O)[O-])cc(F)c2c1N. The lowest BCUT2D eigenvalue weighted by atomic mass is 10.0. The van der Waals surface area contributed by atoms with Crippen LogP contribution in [0.2, 0.25) is 0 Å². The zero-order valence-corrected chi connectivity index (χ0v) is 8.91. The molecule has 0 amide bonds. The minimum absolute atomic E-state index is 0.160. The van der Waals surface area contributed by atoms with Gasteiger partial charge in [-0.1, -0.05) is 0 Å². The number of nitrogens with two attached hydrogens (primary N) is 3. The van der Waals surface area contributed by atoms with E-state index in [4.69, 9.17) is 17.2 Å². The van der Waals surface area contributed by atoms with Gasteiger partial charge in [-0.2, -0.15) is 0 Å². The number of rotatable bonds is 1. The number of hydrogen-bond donors (Lipinski definition) is 3. The minimum atomic E-state index is -1.05. The van der Waals surface area contributed by atoms with E-state index < -0.39 is 33.3 Å². The Morgan fingerprint density at radius 3 is 2.06 bits per heavy atom. The van der Waals surface area contributed by atoms with Gasteiger partial charge in [-0.25, -0.2) is 8.78 Å². The van der Waals surface area contributed by atoms with Gasteiger partial charge in [0.2, 0.25) is 0 Å². The number of nitrogen functional groups attached to an aromatic ring is 3. The fourth-order valence-corrected chi connectivity index (χ4v) is 1.75. The zero-order chi connectivity index (χ0) is 13.6. The number of nitrogens with zero attached hydrogens (tertiary/aromatic N) is 1. The van der Waals surface area contributed by atoms with E-state index in [1.165, 1.54) is 0 Å². The monoisotopic (exact) mass is 254 g/mol. The van der Waals surface area contributed by atoms with Gasteiger partial charge in [-0.15, -0.1) is 0 Å². The summed E-state index contributed by atoms with van der Waals surface area (Å²) >= 11 is 0. The number of benzene rings is 2. The molecule has 6 nitrogen and oxygen atoms in total. The quantitative estimate of drug-likeness (QED) is 0.406. The first-order valence-electron chi connectivity index (χ1n) is 4.74. The number of halogens is 2. The van der Waals surface area contributed by atoms with Crippen molar-refractivity contribution >= 4 is 33.5 Å². The summed E-state index contributed by atoms with van der Waals surface area (Å²) in [6.07, 6.45) is 0. The average Bonchev–Trinajstić information content (AvgIpc) is 2.28. The van der Waals surface area contributed by atoms with E-state index in [0.717, 1.165) is 6.07 Å². The van der Waals surface area contributed by atoms with Crippen LogP contribution < -0.4 is 17.2 Å². The summed E-state index contributed by atoms with van der Waals surface area (Å²) in [4.78, 5) is 9.76. The molecule has 0 saturated heterocycles. The molecule has 0 aliphatic rings. The molecule has 6 N–H and O–H groups in total. The zero-order valence-electron chi connectivity index (χ0n) is 8.91. The van der Waals surface area contributed by atoms with Crippen molar-refractivity contribution in [2.75, 3.05) is 17.2 Å². The maximum absolute atomic E-state index is 13.7. The van der Waals surface area contributed by atoms with Crippen LogP contribution in [0.25, 0.3) is 10.8 Å². The van der Waals surface area contributed by atoms with Crippen LogP contribution in [-0.2, 0) is 0 Å². The van der Waals surface area contributed by atoms with Crippen molar-refractivity contribution in [1.82, 2.24) is 0 Å². The predicted molar refractivity (Wildman–Crippen MR) is 63.8 cm³/mol. The number of nitro groups is 1. The number of nitro benzene ring substituents is 1. The highest BCUT2D eigenvalue weighted by Gasteiger charge is 2.23. The molecule has 0 radical (unpaired) electrons. The maximum Gasteiger partial charge on any atom is 0.295 e. The molecule has 0 fully saturated rings. The molecule has 2 rings (SSSR count). The molecule has 0 unspecified atom stereocenters. The van der Waals surface area contributed by atoms with Crippen molar-refractivity contribution < 1.29 is 13.7 Å². The Morgan fingerprint density at radius 2 is 1.50 bits per heavy atom. The van der Waals surface area contributed by atoms with E-state index in [-0.39, 0.29) is 16.8 Å². The van der Waals surface area contributed by atoms with Crippen molar-refractivity contribution in [3.63, 3.8) is 0 Å². The first-order chi connectivity index (χ1) is 8.34. The highest BCUT2D eigenvalue weighted by molar-refractivity contribution is 6.07. The largest absolute Gasteiger partial charge is 0.397 e. The van der Waals surface area contributed by atoms with E-state index in [0.29, 0.717) is 6.07 Å². The van der Waals surface area contributed by atoms with Gasteiger partial charge in [0.15, 0.2) is 0 Å². The van der Waals surface area contributed by atoms with Crippen LogP contribution in [0.3, 0.4) is 0 Å². The third-order valence-electron chi connectivity index (χ3n) is 2.60. The van der Waals surface area contributed by atoms with Gasteiger partial charge >= 0.3 is 0 Å². The van der Waals surface area contributed by atoms with E-state index in [9.17, 15) is 18.9 Å². The lowest BCUT2D eigenvalue weighted by Gasteiger charge is -2.10. The standard InChI is InChI=1S/C10H8F2N4O2/c11-3-1-5(13)9(14)7-4(12)2-6(16(17)18)10(15)8(3)7/h1-2H,13-15H2. The van der Waals surface area contributed by atoms with E-state index in [1.807, 2.05) is 0 Å². The summed E-state index contributed by atoms with van der Waals surface area (Å²) in [5.41, 5.74) is 14.8. The van der Waals surface area contributed by atoms with Gasteiger partial charge in [0.25, 0.3) is 5.69 Å². The molecule has 0 atom stereocenters. The summed E-state index contributed by atoms with van der Waals surface area (Å²) in [6, 6.07) is 1.43. The van der Waals surface area contributed by atoms with Gasteiger partial charge in [0.05, 0.1) is 27.8 Å².